The number of aromatic nitrogens is 4. The molecule has 2 rings (SSSR count). The number of phenolic OH excluding ortho intramolecular Hbond substituents is 1. The maximum absolute atomic E-state index is 9.63. The summed E-state index contributed by atoms with van der Waals surface area (Å²) in [4.78, 5) is 0.846. The first-order valence-corrected chi connectivity index (χ1v) is 6.45. The number of aromatic hydroxyl groups is 1. The number of phenols is 1. The third-order valence-electron chi connectivity index (χ3n) is 2.26. The van der Waals surface area contributed by atoms with Crippen molar-refractivity contribution in [1.82, 2.24) is 20.2 Å². The first-order chi connectivity index (χ1) is 8.31. The van der Waals surface area contributed by atoms with Gasteiger partial charge in [0, 0.05) is 11.4 Å². The lowest BCUT2D eigenvalue weighted by Crippen LogP contribution is -2.04. The second-order valence-corrected chi connectivity index (χ2v) is 4.59. The van der Waals surface area contributed by atoms with E-state index in [0.29, 0.717) is 11.5 Å². The summed E-state index contributed by atoms with van der Waals surface area (Å²) in [7, 11) is 0. The summed E-state index contributed by atoms with van der Waals surface area (Å²) in [5.74, 6) is 1.79. The smallest absolute Gasteiger partial charge is 0.161 e. The molecule has 0 saturated carbocycles. The van der Waals surface area contributed by atoms with Gasteiger partial charge in [-0.2, -0.15) is 0 Å². The maximum atomic E-state index is 9.63. The van der Waals surface area contributed by atoms with Gasteiger partial charge in [0.15, 0.2) is 5.82 Å². The largest absolute Gasteiger partial charge is 0.507 e. The van der Waals surface area contributed by atoms with Gasteiger partial charge in [0.2, 0.25) is 0 Å². The fourth-order valence-corrected chi connectivity index (χ4v) is 2.32. The predicted molar refractivity (Wildman–Crippen MR) is 65.8 cm³/mol. The second kappa shape index (κ2) is 5.67. The molecule has 0 fully saturated rings. The zero-order valence-electron chi connectivity index (χ0n) is 9.58. The van der Waals surface area contributed by atoms with Gasteiger partial charge >= 0.3 is 0 Å². The van der Waals surface area contributed by atoms with Crippen molar-refractivity contribution in [2.24, 2.45) is 0 Å². The van der Waals surface area contributed by atoms with Crippen molar-refractivity contribution in [2.75, 3.05) is 0 Å². The van der Waals surface area contributed by atoms with Gasteiger partial charge in [0.1, 0.15) is 5.75 Å². The van der Waals surface area contributed by atoms with Crippen molar-refractivity contribution in [2.45, 2.75) is 30.5 Å². The predicted octanol–water partition coefficient (Wildman–Crippen LogP) is 2.08. The van der Waals surface area contributed by atoms with Gasteiger partial charge in [-0.3, -0.25) is 0 Å². The monoisotopic (exact) mass is 250 g/mol. The molecule has 1 aromatic carbocycles. The fraction of sp³-hybridized carbons (Fsp3) is 0.364. The molecule has 90 valence electrons. The molecule has 6 heteroatoms. The lowest BCUT2D eigenvalue weighted by molar-refractivity contribution is 0.462. The van der Waals surface area contributed by atoms with Crippen LogP contribution in [0.2, 0.25) is 0 Å². The van der Waals surface area contributed by atoms with E-state index in [0.717, 1.165) is 23.7 Å². The number of para-hydroxylation sites is 1. The van der Waals surface area contributed by atoms with Crippen LogP contribution >= 0.6 is 11.8 Å². The van der Waals surface area contributed by atoms with Crippen molar-refractivity contribution in [3.8, 4) is 5.75 Å². The molecule has 0 aliphatic heterocycles. The molecule has 2 aromatic rings. The van der Waals surface area contributed by atoms with Crippen molar-refractivity contribution in [1.29, 1.82) is 0 Å². The highest BCUT2D eigenvalue weighted by atomic mass is 32.2. The summed E-state index contributed by atoms with van der Waals surface area (Å²) in [5.41, 5.74) is 0. The average Bonchev–Trinajstić information content (AvgIpc) is 2.76. The Kier molecular flexibility index (Phi) is 3.98. The molecule has 1 aromatic heterocycles. The Bertz CT molecular complexity index is 486. The standard InChI is InChI=1S/C11H14N4OS/c1-2-7-15-11(12-13-14-15)8-17-10-6-4-3-5-9(10)16/h3-6,16H,2,7-8H2,1H3. The molecule has 0 saturated heterocycles. The molecule has 0 unspecified atom stereocenters. The number of thioether (sulfide) groups is 1. The zero-order valence-corrected chi connectivity index (χ0v) is 10.4. The molecule has 1 heterocycles. The highest BCUT2D eigenvalue weighted by molar-refractivity contribution is 7.98. The van der Waals surface area contributed by atoms with Crippen LogP contribution in [-0.4, -0.2) is 25.3 Å². The van der Waals surface area contributed by atoms with Crippen LogP contribution in [0.1, 0.15) is 19.2 Å². The van der Waals surface area contributed by atoms with E-state index in [1.54, 1.807) is 16.8 Å². The Balaban J connectivity index is 2.02. The topological polar surface area (TPSA) is 63.8 Å². The van der Waals surface area contributed by atoms with E-state index in [9.17, 15) is 5.11 Å². The normalized spacial score (nSPS) is 10.6. The van der Waals surface area contributed by atoms with Crippen molar-refractivity contribution in [3.63, 3.8) is 0 Å². The van der Waals surface area contributed by atoms with Gasteiger partial charge in [0.05, 0.1) is 5.75 Å². The van der Waals surface area contributed by atoms with Crippen LogP contribution in [0.3, 0.4) is 0 Å². The number of tetrazole rings is 1. The van der Waals surface area contributed by atoms with Gasteiger partial charge in [-0.1, -0.05) is 19.1 Å². The Morgan fingerprint density at radius 1 is 1.35 bits per heavy atom. The van der Waals surface area contributed by atoms with E-state index in [1.165, 1.54) is 11.8 Å². The van der Waals surface area contributed by atoms with Gasteiger partial charge in [0.25, 0.3) is 0 Å². The molecule has 0 bridgehead atoms. The molecule has 17 heavy (non-hydrogen) atoms. The van der Waals surface area contributed by atoms with Crippen LogP contribution < -0.4 is 0 Å². The van der Waals surface area contributed by atoms with Gasteiger partial charge < -0.3 is 5.11 Å². The van der Waals surface area contributed by atoms with Crippen molar-refractivity contribution < 1.29 is 5.11 Å². The number of benzene rings is 1. The molecule has 0 atom stereocenters. The summed E-state index contributed by atoms with van der Waals surface area (Å²) in [6.45, 7) is 2.91. The first-order valence-electron chi connectivity index (χ1n) is 5.47. The molecular formula is C11H14N4OS. The number of nitrogens with zero attached hydrogens (tertiary/aromatic N) is 4. The van der Waals surface area contributed by atoms with Crippen LogP contribution in [0.4, 0.5) is 0 Å². The lowest BCUT2D eigenvalue weighted by Gasteiger charge is -2.04. The average molecular weight is 250 g/mol. The zero-order chi connectivity index (χ0) is 12.1. The fourth-order valence-electron chi connectivity index (χ4n) is 1.43. The van der Waals surface area contributed by atoms with Gasteiger partial charge in [-0.25, -0.2) is 4.68 Å². The van der Waals surface area contributed by atoms with E-state index >= 15 is 0 Å². The SMILES string of the molecule is CCCn1nnnc1CSc1ccccc1O. The number of rotatable bonds is 5. The minimum Gasteiger partial charge on any atom is -0.507 e. The van der Waals surface area contributed by atoms with Gasteiger partial charge in [-0.15, -0.1) is 16.9 Å². The Labute approximate surface area is 104 Å². The third kappa shape index (κ3) is 2.97. The van der Waals surface area contributed by atoms with E-state index in [-0.39, 0.29) is 0 Å². The van der Waals surface area contributed by atoms with Gasteiger partial charge in [-0.05, 0) is 29.0 Å². The molecule has 0 spiro atoms. The highest BCUT2D eigenvalue weighted by Gasteiger charge is 2.07. The molecular weight excluding hydrogens is 236 g/mol. The van der Waals surface area contributed by atoms with E-state index in [4.69, 9.17) is 0 Å². The molecule has 1 N–H and O–H groups in total. The van der Waals surface area contributed by atoms with Crippen LogP contribution in [0.15, 0.2) is 29.2 Å². The maximum Gasteiger partial charge on any atom is 0.161 e. The van der Waals surface area contributed by atoms with Crippen molar-refractivity contribution in [3.05, 3.63) is 30.1 Å². The molecule has 0 aliphatic rings. The molecule has 0 amide bonds. The van der Waals surface area contributed by atoms with Crippen LogP contribution in [0.25, 0.3) is 0 Å². The number of hydrogen-bond acceptors (Lipinski definition) is 5. The Morgan fingerprint density at radius 3 is 2.94 bits per heavy atom. The summed E-state index contributed by atoms with van der Waals surface area (Å²) in [6.07, 6.45) is 0.999. The van der Waals surface area contributed by atoms with Crippen molar-refractivity contribution >= 4 is 11.8 Å². The minimum absolute atomic E-state index is 0.298. The van der Waals surface area contributed by atoms with E-state index in [1.807, 2.05) is 12.1 Å². The lowest BCUT2D eigenvalue weighted by atomic mass is 10.3. The quantitative estimate of drug-likeness (QED) is 0.823. The molecule has 0 radical (unpaired) electrons. The first kappa shape index (κ1) is 11.9. The number of aryl methyl sites for hydroxylation is 1. The number of hydrogen-bond donors (Lipinski definition) is 1. The van der Waals surface area contributed by atoms with E-state index < -0.39 is 0 Å². The third-order valence-corrected chi connectivity index (χ3v) is 3.32. The van der Waals surface area contributed by atoms with Crippen LogP contribution in [0.5, 0.6) is 5.75 Å². The van der Waals surface area contributed by atoms with E-state index in [2.05, 4.69) is 22.4 Å². The summed E-state index contributed by atoms with van der Waals surface area (Å²) < 4.78 is 1.80. The summed E-state index contributed by atoms with van der Waals surface area (Å²) >= 11 is 1.53. The van der Waals surface area contributed by atoms with Crippen LogP contribution in [0, 0.1) is 0 Å². The Morgan fingerprint density at radius 2 is 2.18 bits per heavy atom. The minimum atomic E-state index is 0.298. The Hall–Kier alpha value is -1.56. The molecule has 5 nitrogen and oxygen atoms in total. The highest BCUT2D eigenvalue weighted by Crippen LogP contribution is 2.29. The van der Waals surface area contributed by atoms with Crippen LogP contribution in [-0.2, 0) is 12.3 Å². The summed E-state index contributed by atoms with van der Waals surface area (Å²) in [6, 6.07) is 7.27. The summed E-state index contributed by atoms with van der Waals surface area (Å²) in [5, 5.41) is 21.2. The second-order valence-electron chi connectivity index (χ2n) is 3.57. The molecule has 0 aliphatic carbocycles.